The van der Waals surface area contributed by atoms with Crippen molar-refractivity contribution < 1.29 is 8.81 Å². The summed E-state index contributed by atoms with van der Waals surface area (Å²) in [6.07, 6.45) is 2.08. The van der Waals surface area contributed by atoms with Crippen LogP contribution in [0.25, 0.3) is 11.3 Å². The summed E-state index contributed by atoms with van der Waals surface area (Å²) in [6.45, 7) is 1.90. The van der Waals surface area contributed by atoms with Crippen molar-refractivity contribution in [1.29, 1.82) is 0 Å². The molecule has 0 aliphatic rings. The van der Waals surface area contributed by atoms with E-state index in [2.05, 4.69) is 4.98 Å². The van der Waals surface area contributed by atoms with Gasteiger partial charge in [0.25, 0.3) is 0 Å². The fraction of sp³-hybridized carbons (Fsp3) is 0.250. The van der Waals surface area contributed by atoms with Crippen LogP contribution in [-0.4, -0.2) is 10.9 Å². The molecule has 2 aromatic rings. The van der Waals surface area contributed by atoms with Gasteiger partial charge < -0.3 is 4.42 Å². The number of rotatable bonds is 3. The van der Waals surface area contributed by atoms with Gasteiger partial charge >= 0.3 is 0 Å². The molecular weight excluding hydrogens is 229 g/mol. The third-order valence-corrected chi connectivity index (χ3v) is 2.44. The Balaban J connectivity index is 2.38. The Hall–Kier alpha value is -1.35. The van der Waals surface area contributed by atoms with Gasteiger partial charge in [-0.3, -0.25) is 0 Å². The van der Waals surface area contributed by atoms with Gasteiger partial charge in [0, 0.05) is 12.3 Å². The average molecular weight is 240 g/mol. The molecule has 2 rings (SSSR count). The topological polar surface area (TPSA) is 26.0 Å². The standard InChI is InChI=1S/C12H11ClFNO/c1-8-2-3-10(14)9(6-8)11-7-15-12(16-11)4-5-13/h2-3,6-7H,4-5H2,1H3. The third kappa shape index (κ3) is 2.25. The van der Waals surface area contributed by atoms with Crippen molar-refractivity contribution in [2.24, 2.45) is 0 Å². The first-order valence-electron chi connectivity index (χ1n) is 4.98. The first-order chi connectivity index (χ1) is 7.70. The number of halogens is 2. The number of nitrogens with zero attached hydrogens (tertiary/aromatic N) is 1. The smallest absolute Gasteiger partial charge is 0.196 e. The van der Waals surface area contributed by atoms with Gasteiger partial charge in [0.2, 0.25) is 0 Å². The van der Waals surface area contributed by atoms with Crippen LogP contribution in [0.2, 0.25) is 0 Å². The lowest BCUT2D eigenvalue weighted by atomic mass is 10.1. The van der Waals surface area contributed by atoms with Gasteiger partial charge in [0.1, 0.15) is 5.82 Å². The Morgan fingerprint density at radius 3 is 3.00 bits per heavy atom. The lowest BCUT2D eigenvalue weighted by Gasteiger charge is -2.00. The molecule has 0 saturated heterocycles. The van der Waals surface area contributed by atoms with E-state index < -0.39 is 0 Å². The molecule has 1 aromatic heterocycles. The van der Waals surface area contributed by atoms with Crippen molar-refractivity contribution in [3.63, 3.8) is 0 Å². The number of alkyl halides is 1. The molecule has 1 heterocycles. The van der Waals surface area contributed by atoms with Gasteiger partial charge in [-0.15, -0.1) is 11.6 Å². The van der Waals surface area contributed by atoms with Gasteiger partial charge in [-0.25, -0.2) is 9.37 Å². The monoisotopic (exact) mass is 239 g/mol. The summed E-state index contributed by atoms with van der Waals surface area (Å²) in [5.41, 5.74) is 1.42. The lowest BCUT2D eigenvalue weighted by molar-refractivity contribution is 0.510. The van der Waals surface area contributed by atoms with Crippen LogP contribution in [0.5, 0.6) is 0 Å². The second-order valence-electron chi connectivity index (χ2n) is 3.54. The van der Waals surface area contributed by atoms with Crippen LogP contribution in [0.15, 0.2) is 28.8 Å². The Morgan fingerprint density at radius 1 is 1.44 bits per heavy atom. The van der Waals surface area contributed by atoms with Gasteiger partial charge in [-0.2, -0.15) is 0 Å². The highest BCUT2D eigenvalue weighted by Gasteiger charge is 2.10. The molecule has 4 heteroatoms. The van der Waals surface area contributed by atoms with Crippen molar-refractivity contribution in [3.8, 4) is 11.3 Å². The summed E-state index contributed by atoms with van der Waals surface area (Å²) in [4.78, 5) is 4.04. The largest absolute Gasteiger partial charge is 0.441 e. The van der Waals surface area contributed by atoms with Crippen LogP contribution < -0.4 is 0 Å². The summed E-state index contributed by atoms with van der Waals surface area (Å²) in [5.74, 6) is 1.11. The fourth-order valence-electron chi connectivity index (χ4n) is 1.46. The first-order valence-corrected chi connectivity index (χ1v) is 5.51. The van der Waals surface area contributed by atoms with Gasteiger partial charge in [0.15, 0.2) is 11.7 Å². The Kier molecular flexibility index (Phi) is 3.25. The normalized spacial score (nSPS) is 10.7. The maximum Gasteiger partial charge on any atom is 0.196 e. The molecule has 0 bridgehead atoms. The highest BCUT2D eigenvalue weighted by Crippen LogP contribution is 2.24. The maximum absolute atomic E-state index is 13.5. The van der Waals surface area contributed by atoms with E-state index >= 15 is 0 Å². The number of aromatic nitrogens is 1. The van der Waals surface area contributed by atoms with Crippen molar-refractivity contribution in [2.45, 2.75) is 13.3 Å². The summed E-state index contributed by atoms with van der Waals surface area (Å²) in [6, 6.07) is 4.88. The van der Waals surface area contributed by atoms with Crippen LogP contribution in [0.3, 0.4) is 0 Å². The molecule has 0 unspecified atom stereocenters. The van der Waals surface area contributed by atoms with E-state index in [9.17, 15) is 4.39 Å². The number of oxazole rings is 1. The molecule has 0 N–H and O–H groups in total. The minimum absolute atomic E-state index is 0.306. The summed E-state index contributed by atoms with van der Waals surface area (Å²) < 4.78 is 18.9. The van der Waals surface area contributed by atoms with Crippen molar-refractivity contribution >= 4 is 11.6 Å². The lowest BCUT2D eigenvalue weighted by Crippen LogP contribution is -1.84. The predicted octanol–water partition coefficient (Wildman–Crippen LogP) is 3.57. The molecule has 0 fully saturated rings. The average Bonchev–Trinajstić information content (AvgIpc) is 2.71. The number of benzene rings is 1. The maximum atomic E-state index is 13.5. The molecule has 1 aromatic carbocycles. The number of hydrogen-bond donors (Lipinski definition) is 0. The van der Waals surface area contributed by atoms with Crippen LogP contribution in [-0.2, 0) is 6.42 Å². The molecular formula is C12H11ClFNO. The van der Waals surface area contributed by atoms with Gasteiger partial charge in [0.05, 0.1) is 11.8 Å². The van der Waals surface area contributed by atoms with Gasteiger partial charge in [-0.05, 0) is 19.1 Å². The molecule has 84 valence electrons. The van der Waals surface area contributed by atoms with Crippen molar-refractivity contribution in [2.75, 3.05) is 5.88 Å². The van der Waals surface area contributed by atoms with E-state index in [1.54, 1.807) is 12.1 Å². The fourth-order valence-corrected chi connectivity index (χ4v) is 1.62. The highest BCUT2D eigenvalue weighted by atomic mass is 35.5. The zero-order valence-corrected chi connectivity index (χ0v) is 9.59. The minimum Gasteiger partial charge on any atom is -0.441 e. The quantitative estimate of drug-likeness (QED) is 0.766. The molecule has 2 nitrogen and oxygen atoms in total. The van der Waals surface area contributed by atoms with E-state index in [0.717, 1.165) is 5.56 Å². The van der Waals surface area contributed by atoms with Gasteiger partial charge in [-0.1, -0.05) is 11.6 Å². The number of hydrogen-bond acceptors (Lipinski definition) is 2. The van der Waals surface area contributed by atoms with Crippen LogP contribution in [0.1, 0.15) is 11.5 Å². The zero-order valence-electron chi connectivity index (χ0n) is 8.84. The Bertz CT molecular complexity index is 496. The SMILES string of the molecule is Cc1ccc(F)c(-c2cnc(CCCl)o2)c1. The van der Waals surface area contributed by atoms with E-state index in [-0.39, 0.29) is 5.82 Å². The first kappa shape index (κ1) is 11.1. The molecule has 0 saturated carbocycles. The van der Waals surface area contributed by atoms with E-state index in [1.807, 2.05) is 6.92 Å². The van der Waals surface area contributed by atoms with Crippen LogP contribution in [0, 0.1) is 12.7 Å². The van der Waals surface area contributed by atoms with E-state index in [0.29, 0.717) is 29.5 Å². The Morgan fingerprint density at radius 2 is 2.25 bits per heavy atom. The predicted molar refractivity (Wildman–Crippen MR) is 61.1 cm³/mol. The van der Waals surface area contributed by atoms with Crippen LogP contribution in [0.4, 0.5) is 4.39 Å². The summed E-state index contributed by atoms with van der Waals surface area (Å²) >= 11 is 5.57. The van der Waals surface area contributed by atoms with Crippen molar-refractivity contribution in [3.05, 3.63) is 41.7 Å². The summed E-state index contributed by atoms with van der Waals surface area (Å²) in [7, 11) is 0. The Labute approximate surface area is 98.1 Å². The van der Waals surface area contributed by atoms with Crippen LogP contribution >= 0.6 is 11.6 Å². The van der Waals surface area contributed by atoms with Crippen molar-refractivity contribution in [1.82, 2.24) is 4.98 Å². The number of aryl methyl sites for hydroxylation is 2. The second kappa shape index (κ2) is 4.66. The highest BCUT2D eigenvalue weighted by molar-refractivity contribution is 6.17. The molecule has 0 amide bonds. The second-order valence-corrected chi connectivity index (χ2v) is 3.92. The molecule has 0 aliphatic heterocycles. The minimum atomic E-state index is -0.306. The third-order valence-electron chi connectivity index (χ3n) is 2.25. The zero-order chi connectivity index (χ0) is 11.5. The molecule has 16 heavy (non-hydrogen) atoms. The molecule has 0 spiro atoms. The summed E-state index contributed by atoms with van der Waals surface area (Å²) in [5, 5.41) is 0. The molecule has 0 aliphatic carbocycles. The van der Waals surface area contributed by atoms with E-state index in [4.69, 9.17) is 16.0 Å². The van der Waals surface area contributed by atoms with E-state index in [1.165, 1.54) is 12.3 Å². The molecule has 0 atom stereocenters. The molecule has 0 radical (unpaired) electrons.